The summed E-state index contributed by atoms with van der Waals surface area (Å²) in [6, 6.07) is 0. The van der Waals surface area contributed by atoms with Crippen LogP contribution in [0.4, 0.5) is 0 Å². The van der Waals surface area contributed by atoms with E-state index in [9.17, 15) is 9.59 Å². The molecule has 0 aromatic carbocycles. The van der Waals surface area contributed by atoms with E-state index < -0.39 is 5.91 Å². The van der Waals surface area contributed by atoms with Gasteiger partial charge in [0.25, 0.3) is 5.91 Å². The van der Waals surface area contributed by atoms with Crippen molar-refractivity contribution >= 4 is 12.3 Å². The van der Waals surface area contributed by atoms with E-state index in [4.69, 9.17) is 0 Å². The van der Waals surface area contributed by atoms with Crippen LogP contribution in [0.2, 0.25) is 0 Å². The quantitative estimate of drug-likeness (QED) is 0.259. The molecule has 0 heterocycles. The molecule has 0 aromatic heterocycles. The standard InChI is InChI=1S/C7H10N2O2/c1-3-5-8-9(6-10)7(11)4-2/h3-4,6,8H,1-2,5H2. The van der Waals surface area contributed by atoms with Crippen molar-refractivity contribution in [3.8, 4) is 0 Å². The Hall–Kier alpha value is -1.42. The summed E-state index contributed by atoms with van der Waals surface area (Å²) in [5, 5.41) is 0.800. The second-order valence-electron chi connectivity index (χ2n) is 1.67. The summed E-state index contributed by atoms with van der Waals surface area (Å²) in [4.78, 5) is 20.9. The lowest BCUT2D eigenvalue weighted by Crippen LogP contribution is -2.40. The Labute approximate surface area is 65.2 Å². The van der Waals surface area contributed by atoms with Gasteiger partial charge in [-0.3, -0.25) is 9.59 Å². The molecule has 0 saturated carbocycles. The Morgan fingerprint density at radius 2 is 2.18 bits per heavy atom. The van der Waals surface area contributed by atoms with Gasteiger partial charge in [0.1, 0.15) is 0 Å². The highest BCUT2D eigenvalue weighted by Crippen LogP contribution is 1.79. The third kappa shape index (κ3) is 3.32. The third-order valence-electron chi connectivity index (χ3n) is 0.923. The zero-order chi connectivity index (χ0) is 8.69. The van der Waals surface area contributed by atoms with Gasteiger partial charge in [0.05, 0.1) is 0 Å². The van der Waals surface area contributed by atoms with Crippen molar-refractivity contribution < 1.29 is 9.59 Å². The molecule has 0 aromatic rings. The van der Waals surface area contributed by atoms with Crippen molar-refractivity contribution in [1.82, 2.24) is 10.4 Å². The molecule has 0 spiro atoms. The second kappa shape index (κ2) is 5.37. The Bertz CT molecular complexity index is 177. The zero-order valence-corrected chi connectivity index (χ0v) is 6.12. The first-order chi connectivity index (χ1) is 5.26. The summed E-state index contributed by atoms with van der Waals surface area (Å²) in [5.74, 6) is -0.484. The molecular weight excluding hydrogens is 144 g/mol. The highest BCUT2D eigenvalue weighted by molar-refractivity contribution is 5.93. The van der Waals surface area contributed by atoms with Crippen LogP contribution in [0.15, 0.2) is 25.3 Å². The van der Waals surface area contributed by atoms with E-state index in [1.165, 1.54) is 6.08 Å². The van der Waals surface area contributed by atoms with Crippen LogP contribution in [-0.4, -0.2) is 23.9 Å². The van der Waals surface area contributed by atoms with Crippen LogP contribution in [0.3, 0.4) is 0 Å². The Kier molecular flexibility index (Phi) is 4.68. The van der Waals surface area contributed by atoms with Gasteiger partial charge in [0, 0.05) is 6.54 Å². The fraction of sp³-hybridized carbons (Fsp3) is 0.143. The van der Waals surface area contributed by atoms with Crippen molar-refractivity contribution in [3.63, 3.8) is 0 Å². The topological polar surface area (TPSA) is 49.4 Å². The van der Waals surface area contributed by atoms with E-state index >= 15 is 0 Å². The van der Waals surface area contributed by atoms with E-state index in [2.05, 4.69) is 18.6 Å². The number of nitrogens with zero attached hydrogens (tertiary/aromatic N) is 1. The van der Waals surface area contributed by atoms with Crippen molar-refractivity contribution in [2.45, 2.75) is 0 Å². The number of imide groups is 1. The van der Waals surface area contributed by atoms with Crippen molar-refractivity contribution in [3.05, 3.63) is 25.3 Å². The van der Waals surface area contributed by atoms with Crippen LogP contribution < -0.4 is 5.43 Å². The van der Waals surface area contributed by atoms with Gasteiger partial charge in [-0.2, -0.15) is 0 Å². The summed E-state index contributed by atoms with van der Waals surface area (Å²) in [7, 11) is 0. The Morgan fingerprint density at radius 3 is 2.55 bits per heavy atom. The van der Waals surface area contributed by atoms with Gasteiger partial charge < -0.3 is 0 Å². The Morgan fingerprint density at radius 1 is 1.55 bits per heavy atom. The smallest absolute Gasteiger partial charge is 0.266 e. The van der Waals surface area contributed by atoms with Crippen LogP contribution in [0.5, 0.6) is 0 Å². The first-order valence-corrected chi connectivity index (χ1v) is 3.01. The predicted octanol–water partition coefficient (Wildman–Crippen LogP) is -0.152. The van der Waals surface area contributed by atoms with E-state index in [-0.39, 0.29) is 0 Å². The van der Waals surface area contributed by atoms with Crippen LogP contribution >= 0.6 is 0 Å². The molecule has 0 aliphatic rings. The summed E-state index contributed by atoms with van der Waals surface area (Å²) in [6.07, 6.45) is 2.96. The lowest BCUT2D eigenvalue weighted by molar-refractivity contribution is -0.137. The largest absolute Gasteiger partial charge is 0.277 e. The molecule has 0 aliphatic carbocycles. The molecular formula is C7H10N2O2. The molecule has 0 bridgehead atoms. The van der Waals surface area contributed by atoms with Crippen LogP contribution in [0.1, 0.15) is 0 Å². The normalized spacial score (nSPS) is 8.36. The van der Waals surface area contributed by atoms with Crippen molar-refractivity contribution in [2.24, 2.45) is 0 Å². The van der Waals surface area contributed by atoms with E-state index in [1.807, 2.05) is 0 Å². The minimum absolute atomic E-state index is 0.359. The molecule has 0 fully saturated rings. The first-order valence-electron chi connectivity index (χ1n) is 3.01. The molecule has 60 valence electrons. The van der Waals surface area contributed by atoms with Gasteiger partial charge in [-0.05, 0) is 6.08 Å². The highest BCUT2D eigenvalue weighted by atomic mass is 16.2. The number of nitrogens with one attached hydrogen (secondary N) is 1. The maximum Gasteiger partial charge on any atom is 0.266 e. The lowest BCUT2D eigenvalue weighted by Gasteiger charge is -2.12. The summed E-state index contributed by atoms with van der Waals surface area (Å²) in [5.41, 5.74) is 2.50. The van der Waals surface area contributed by atoms with Gasteiger partial charge in [0.15, 0.2) is 0 Å². The van der Waals surface area contributed by atoms with Gasteiger partial charge in [-0.15, -0.1) is 6.58 Å². The molecule has 1 N–H and O–H groups in total. The molecule has 0 aliphatic heterocycles. The fourth-order valence-electron chi connectivity index (χ4n) is 0.428. The average molecular weight is 154 g/mol. The van der Waals surface area contributed by atoms with Crippen molar-refractivity contribution in [2.75, 3.05) is 6.54 Å². The third-order valence-corrected chi connectivity index (χ3v) is 0.923. The van der Waals surface area contributed by atoms with E-state index in [0.29, 0.717) is 13.0 Å². The summed E-state index contributed by atoms with van der Waals surface area (Å²) >= 11 is 0. The van der Waals surface area contributed by atoms with Crippen LogP contribution in [0.25, 0.3) is 0 Å². The number of carbonyl (C=O) groups excluding carboxylic acids is 2. The van der Waals surface area contributed by atoms with E-state index in [0.717, 1.165) is 11.1 Å². The summed E-state index contributed by atoms with van der Waals surface area (Å²) in [6.45, 7) is 6.99. The lowest BCUT2D eigenvalue weighted by atomic mass is 10.6. The predicted molar refractivity (Wildman–Crippen MR) is 41.3 cm³/mol. The highest BCUT2D eigenvalue weighted by Gasteiger charge is 2.05. The SMILES string of the molecule is C=CCNN(C=O)C(=O)C=C. The molecule has 0 rings (SSSR count). The molecule has 0 unspecified atom stereocenters. The Balaban J connectivity index is 3.93. The first kappa shape index (κ1) is 9.58. The van der Waals surface area contributed by atoms with Gasteiger partial charge in [-0.1, -0.05) is 12.7 Å². The van der Waals surface area contributed by atoms with E-state index in [1.54, 1.807) is 0 Å². The monoisotopic (exact) mass is 154 g/mol. The molecule has 11 heavy (non-hydrogen) atoms. The number of rotatable bonds is 5. The minimum Gasteiger partial charge on any atom is -0.277 e. The minimum atomic E-state index is -0.484. The zero-order valence-electron chi connectivity index (χ0n) is 6.12. The van der Waals surface area contributed by atoms with Crippen LogP contribution in [-0.2, 0) is 9.59 Å². The van der Waals surface area contributed by atoms with Crippen LogP contribution in [0, 0.1) is 0 Å². The number of hydrogen-bond donors (Lipinski definition) is 1. The molecule has 4 heteroatoms. The molecule has 0 atom stereocenters. The maximum atomic E-state index is 10.7. The second-order valence-corrected chi connectivity index (χ2v) is 1.67. The maximum absolute atomic E-state index is 10.7. The number of amides is 2. The molecule has 0 radical (unpaired) electrons. The van der Waals surface area contributed by atoms with Gasteiger partial charge in [0.2, 0.25) is 6.41 Å². The summed E-state index contributed by atoms with van der Waals surface area (Å²) < 4.78 is 0. The molecule has 0 saturated heterocycles. The number of hydrazine groups is 1. The number of carbonyl (C=O) groups is 2. The van der Waals surface area contributed by atoms with Gasteiger partial charge >= 0.3 is 0 Å². The number of hydrogen-bond acceptors (Lipinski definition) is 3. The van der Waals surface area contributed by atoms with Gasteiger partial charge in [-0.25, -0.2) is 10.4 Å². The average Bonchev–Trinajstić information content (AvgIpc) is 2.05. The fourth-order valence-corrected chi connectivity index (χ4v) is 0.428. The molecule has 2 amide bonds. The molecule has 4 nitrogen and oxygen atoms in total. The van der Waals surface area contributed by atoms with Crippen molar-refractivity contribution in [1.29, 1.82) is 0 Å².